The maximum atomic E-state index is 12.6. The minimum atomic E-state index is -2.43. The lowest BCUT2D eigenvalue weighted by molar-refractivity contribution is 0.151. The van der Waals surface area contributed by atoms with Crippen molar-refractivity contribution in [2.24, 2.45) is 0 Å². The maximum Gasteiger partial charge on any atom is 0.263 e. The number of nitrogens with one attached hydrogen (secondary N) is 1. The van der Waals surface area contributed by atoms with Crippen molar-refractivity contribution in [3.63, 3.8) is 0 Å². The van der Waals surface area contributed by atoms with Crippen LogP contribution in [-0.2, 0) is 6.54 Å². The lowest BCUT2D eigenvalue weighted by atomic mass is 10.1. The summed E-state index contributed by atoms with van der Waals surface area (Å²) in [5, 5.41) is 4.01. The first-order chi connectivity index (χ1) is 9.56. The molecule has 2 aromatic rings. The molecule has 1 N–H and O–H groups in total. The fraction of sp³-hybridized carbons (Fsp3) is 0.250. The monoisotopic (exact) mass is 295 g/mol. The van der Waals surface area contributed by atoms with Crippen LogP contribution in [0.3, 0.4) is 0 Å². The zero-order valence-corrected chi connectivity index (χ0v) is 11.9. The molecule has 2 aromatic carbocycles. The van der Waals surface area contributed by atoms with Crippen LogP contribution in [0.5, 0.6) is 0 Å². The zero-order valence-electron chi connectivity index (χ0n) is 11.1. The van der Waals surface area contributed by atoms with Crippen LogP contribution in [0.25, 0.3) is 0 Å². The summed E-state index contributed by atoms with van der Waals surface area (Å²) >= 11 is 5.84. The molecule has 0 spiro atoms. The van der Waals surface area contributed by atoms with Gasteiger partial charge in [0.25, 0.3) is 6.43 Å². The average Bonchev–Trinajstić information content (AvgIpc) is 2.46. The fourth-order valence-electron chi connectivity index (χ4n) is 1.98. The summed E-state index contributed by atoms with van der Waals surface area (Å²) in [7, 11) is 0. The van der Waals surface area contributed by atoms with E-state index in [1.807, 2.05) is 37.3 Å². The highest BCUT2D eigenvalue weighted by molar-refractivity contribution is 6.30. The van der Waals surface area contributed by atoms with E-state index in [0.29, 0.717) is 11.6 Å². The molecule has 0 saturated heterocycles. The van der Waals surface area contributed by atoms with Crippen LogP contribution in [0.4, 0.5) is 8.78 Å². The summed E-state index contributed by atoms with van der Waals surface area (Å²) in [5.74, 6) is 0. The van der Waals surface area contributed by atoms with Gasteiger partial charge in [0, 0.05) is 23.2 Å². The summed E-state index contributed by atoms with van der Waals surface area (Å²) in [6.45, 7) is 2.57. The Morgan fingerprint density at radius 3 is 2.40 bits per heavy atom. The molecule has 0 fully saturated rings. The summed E-state index contributed by atoms with van der Waals surface area (Å²) in [6.07, 6.45) is -2.43. The maximum absolute atomic E-state index is 12.6. The Hall–Kier alpha value is -1.45. The Morgan fingerprint density at radius 2 is 1.75 bits per heavy atom. The highest BCUT2D eigenvalue weighted by Crippen LogP contribution is 2.20. The van der Waals surface area contributed by atoms with Crippen molar-refractivity contribution in [3.8, 4) is 0 Å². The molecule has 1 nitrogen and oxygen atoms in total. The molecule has 0 amide bonds. The van der Waals surface area contributed by atoms with Gasteiger partial charge in [-0.05, 0) is 36.2 Å². The highest BCUT2D eigenvalue weighted by Gasteiger charge is 2.08. The van der Waals surface area contributed by atoms with Crippen LogP contribution < -0.4 is 5.32 Å². The lowest BCUT2D eigenvalue weighted by Crippen LogP contribution is -2.18. The van der Waals surface area contributed by atoms with Crippen molar-refractivity contribution in [1.29, 1.82) is 0 Å². The summed E-state index contributed by atoms with van der Waals surface area (Å²) in [6, 6.07) is 14.2. The zero-order chi connectivity index (χ0) is 14.5. The first kappa shape index (κ1) is 14.9. The Morgan fingerprint density at radius 1 is 1.05 bits per heavy atom. The molecule has 0 aliphatic rings. The molecule has 0 bridgehead atoms. The van der Waals surface area contributed by atoms with Gasteiger partial charge in [-0.2, -0.15) is 0 Å². The van der Waals surface area contributed by atoms with E-state index < -0.39 is 6.43 Å². The van der Waals surface area contributed by atoms with E-state index in [4.69, 9.17) is 11.6 Å². The third-order valence-corrected chi connectivity index (χ3v) is 3.44. The smallest absolute Gasteiger partial charge is 0.263 e. The minimum absolute atomic E-state index is 0.0587. The number of hydrogen-bond acceptors (Lipinski definition) is 1. The van der Waals surface area contributed by atoms with E-state index in [2.05, 4.69) is 5.32 Å². The van der Waals surface area contributed by atoms with Crippen LogP contribution in [0.2, 0.25) is 5.02 Å². The third-order valence-electron chi connectivity index (χ3n) is 3.19. The first-order valence-corrected chi connectivity index (χ1v) is 6.80. The van der Waals surface area contributed by atoms with Gasteiger partial charge in [0.2, 0.25) is 0 Å². The predicted octanol–water partition coefficient (Wildman–Crippen LogP) is 5.13. The quantitative estimate of drug-likeness (QED) is 0.806. The fourth-order valence-corrected chi connectivity index (χ4v) is 2.11. The van der Waals surface area contributed by atoms with Crippen molar-refractivity contribution >= 4 is 11.6 Å². The Labute approximate surface area is 122 Å². The molecule has 1 atom stereocenters. The summed E-state index contributed by atoms with van der Waals surface area (Å²) in [5.41, 5.74) is 2.02. The predicted molar refractivity (Wildman–Crippen MR) is 78.1 cm³/mol. The second kappa shape index (κ2) is 6.82. The third kappa shape index (κ3) is 4.02. The molecular weight excluding hydrogens is 280 g/mol. The van der Waals surface area contributed by atoms with Crippen LogP contribution in [0, 0.1) is 0 Å². The van der Waals surface area contributed by atoms with E-state index in [9.17, 15) is 8.78 Å². The van der Waals surface area contributed by atoms with Crippen molar-refractivity contribution in [1.82, 2.24) is 5.32 Å². The Bertz CT molecular complexity index is 555. The normalized spacial score (nSPS) is 12.7. The number of alkyl halides is 2. The lowest BCUT2D eigenvalue weighted by Gasteiger charge is -2.15. The number of rotatable bonds is 5. The van der Waals surface area contributed by atoms with Crippen LogP contribution in [0.1, 0.15) is 36.1 Å². The van der Waals surface area contributed by atoms with E-state index in [0.717, 1.165) is 11.1 Å². The van der Waals surface area contributed by atoms with Crippen molar-refractivity contribution in [2.45, 2.75) is 25.9 Å². The van der Waals surface area contributed by atoms with Gasteiger partial charge >= 0.3 is 0 Å². The van der Waals surface area contributed by atoms with Crippen molar-refractivity contribution in [3.05, 3.63) is 70.2 Å². The molecule has 2 rings (SSSR count). The molecule has 0 aromatic heterocycles. The van der Waals surface area contributed by atoms with E-state index in [-0.39, 0.29) is 11.6 Å². The van der Waals surface area contributed by atoms with Gasteiger partial charge in [-0.25, -0.2) is 8.78 Å². The second-order valence-electron chi connectivity index (χ2n) is 4.70. The number of benzene rings is 2. The molecule has 4 heteroatoms. The van der Waals surface area contributed by atoms with Gasteiger partial charge in [-0.3, -0.25) is 0 Å². The van der Waals surface area contributed by atoms with E-state index in [1.165, 1.54) is 12.1 Å². The average molecular weight is 296 g/mol. The van der Waals surface area contributed by atoms with Crippen LogP contribution >= 0.6 is 11.6 Å². The van der Waals surface area contributed by atoms with Crippen molar-refractivity contribution < 1.29 is 8.78 Å². The van der Waals surface area contributed by atoms with E-state index >= 15 is 0 Å². The molecule has 0 aliphatic heterocycles. The van der Waals surface area contributed by atoms with Gasteiger partial charge in [0.05, 0.1) is 0 Å². The SMILES string of the molecule is CC(NCc1cccc(C(F)F)c1)c1ccc(Cl)cc1. The number of halogens is 3. The van der Waals surface area contributed by atoms with Gasteiger partial charge in [0.15, 0.2) is 0 Å². The van der Waals surface area contributed by atoms with Gasteiger partial charge < -0.3 is 5.32 Å². The van der Waals surface area contributed by atoms with Gasteiger partial charge in [-0.15, -0.1) is 0 Å². The standard InChI is InChI=1S/C16H16ClF2N/c1-11(13-5-7-15(17)8-6-13)20-10-12-3-2-4-14(9-12)16(18)19/h2-9,11,16,20H,10H2,1H3. The Kier molecular flexibility index (Phi) is 5.10. The molecule has 0 aliphatic carbocycles. The van der Waals surface area contributed by atoms with Crippen molar-refractivity contribution in [2.75, 3.05) is 0 Å². The molecule has 1 unspecified atom stereocenters. The first-order valence-electron chi connectivity index (χ1n) is 6.42. The van der Waals surface area contributed by atoms with Gasteiger partial charge in [0.1, 0.15) is 0 Å². The molecule has 106 valence electrons. The molecular formula is C16H16ClF2N. The number of hydrogen-bond donors (Lipinski definition) is 1. The largest absolute Gasteiger partial charge is 0.306 e. The topological polar surface area (TPSA) is 12.0 Å². The summed E-state index contributed by atoms with van der Waals surface area (Å²) < 4.78 is 25.2. The minimum Gasteiger partial charge on any atom is -0.306 e. The molecule has 20 heavy (non-hydrogen) atoms. The van der Waals surface area contributed by atoms with Crippen LogP contribution in [-0.4, -0.2) is 0 Å². The molecule has 0 heterocycles. The molecule has 0 radical (unpaired) electrons. The molecule has 0 saturated carbocycles. The van der Waals surface area contributed by atoms with E-state index in [1.54, 1.807) is 6.07 Å². The Balaban J connectivity index is 1.97. The van der Waals surface area contributed by atoms with Crippen LogP contribution in [0.15, 0.2) is 48.5 Å². The highest BCUT2D eigenvalue weighted by atomic mass is 35.5. The van der Waals surface area contributed by atoms with Gasteiger partial charge in [-0.1, -0.05) is 41.9 Å². The second-order valence-corrected chi connectivity index (χ2v) is 5.14. The summed E-state index contributed by atoms with van der Waals surface area (Å²) in [4.78, 5) is 0.